The molecule has 3 heteroatoms. The van der Waals surface area contributed by atoms with Gasteiger partial charge in [-0.3, -0.25) is 10.4 Å². The number of benzene rings is 1. The lowest BCUT2D eigenvalue weighted by molar-refractivity contribution is 1.09. The molecule has 19 heavy (non-hydrogen) atoms. The Kier molecular flexibility index (Phi) is 6.95. The van der Waals surface area contributed by atoms with Crippen LogP contribution in [0.1, 0.15) is 31.4 Å². The topological polar surface area (TPSA) is 37.3 Å². The fourth-order valence-corrected chi connectivity index (χ4v) is 1.26. The summed E-state index contributed by atoms with van der Waals surface area (Å²) in [6.45, 7) is 6.31. The Morgan fingerprint density at radius 2 is 1.63 bits per heavy atom. The number of anilines is 1. The van der Waals surface area contributed by atoms with E-state index in [1.165, 1.54) is 12.0 Å². The van der Waals surface area contributed by atoms with Gasteiger partial charge >= 0.3 is 0 Å². The van der Waals surface area contributed by atoms with Crippen molar-refractivity contribution >= 4 is 11.9 Å². The highest BCUT2D eigenvalue weighted by molar-refractivity contribution is 5.79. The summed E-state index contributed by atoms with van der Waals surface area (Å²) in [5, 5.41) is 4.14. The van der Waals surface area contributed by atoms with Crippen LogP contribution in [-0.4, -0.2) is 11.2 Å². The maximum Gasteiger partial charge on any atom is 0.0561 e. The standard InChI is InChI=1S/C13H13N3.C3H8/c1-11-2-4-13(5-3-11)16-15-10-12-6-8-14-9-7-12;1-3-2/h2-10,16H,1H3;3H2,1-2H3/b15-10+;. The molecule has 2 rings (SSSR count). The van der Waals surface area contributed by atoms with Crippen LogP contribution in [0, 0.1) is 6.92 Å². The van der Waals surface area contributed by atoms with Crippen LogP contribution in [0.15, 0.2) is 53.9 Å². The molecule has 0 unspecified atom stereocenters. The van der Waals surface area contributed by atoms with Crippen LogP contribution in [0.5, 0.6) is 0 Å². The van der Waals surface area contributed by atoms with E-state index in [0.717, 1.165) is 11.3 Å². The number of nitrogens with one attached hydrogen (secondary N) is 1. The number of hydrogen-bond acceptors (Lipinski definition) is 3. The van der Waals surface area contributed by atoms with Crippen molar-refractivity contribution < 1.29 is 0 Å². The molecule has 100 valence electrons. The van der Waals surface area contributed by atoms with Gasteiger partial charge in [0.1, 0.15) is 0 Å². The first-order valence-corrected chi connectivity index (χ1v) is 6.52. The Balaban J connectivity index is 0.000000550. The van der Waals surface area contributed by atoms with Crippen LogP contribution in [0.2, 0.25) is 0 Å². The molecule has 1 aromatic carbocycles. The van der Waals surface area contributed by atoms with Gasteiger partial charge in [0.2, 0.25) is 0 Å². The number of aromatic nitrogens is 1. The highest BCUT2D eigenvalue weighted by Gasteiger charge is 1.88. The van der Waals surface area contributed by atoms with Crippen molar-refractivity contribution in [2.75, 3.05) is 5.43 Å². The van der Waals surface area contributed by atoms with Gasteiger partial charge in [-0.15, -0.1) is 0 Å². The van der Waals surface area contributed by atoms with Gasteiger partial charge in [0.15, 0.2) is 0 Å². The Morgan fingerprint density at radius 1 is 1.05 bits per heavy atom. The quantitative estimate of drug-likeness (QED) is 0.657. The number of pyridine rings is 1. The number of hydrazone groups is 1. The molecule has 1 heterocycles. The summed E-state index contributed by atoms with van der Waals surface area (Å²) in [6, 6.07) is 11.9. The molecule has 3 nitrogen and oxygen atoms in total. The van der Waals surface area contributed by atoms with E-state index in [1.807, 2.05) is 36.4 Å². The van der Waals surface area contributed by atoms with Gasteiger partial charge in [-0.05, 0) is 36.8 Å². The third kappa shape index (κ3) is 6.36. The third-order valence-corrected chi connectivity index (χ3v) is 2.16. The van der Waals surface area contributed by atoms with Crippen LogP contribution in [0.25, 0.3) is 0 Å². The van der Waals surface area contributed by atoms with Crippen LogP contribution in [0.3, 0.4) is 0 Å². The van der Waals surface area contributed by atoms with Gasteiger partial charge in [0, 0.05) is 12.4 Å². The molecule has 0 atom stereocenters. The Morgan fingerprint density at radius 3 is 2.21 bits per heavy atom. The molecular formula is C16H21N3. The SMILES string of the molecule is CCC.Cc1ccc(N/N=C/c2ccncc2)cc1. The van der Waals surface area contributed by atoms with Gasteiger partial charge in [0.05, 0.1) is 11.9 Å². The number of aryl methyl sites for hydroxylation is 1. The number of hydrogen-bond donors (Lipinski definition) is 1. The van der Waals surface area contributed by atoms with Crippen molar-refractivity contribution in [1.82, 2.24) is 4.98 Å². The van der Waals surface area contributed by atoms with Crippen molar-refractivity contribution in [3.8, 4) is 0 Å². The Hall–Kier alpha value is -2.16. The summed E-state index contributed by atoms with van der Waals surface area (Å²) in [7, 11) is 0. The third-order valence-electron chi connectivity index (χ3n) is 2.16. The zero-order chi connectivity index (χ0) is 13.9. The van der Waals surface area contributed by atoms with E-state index >= 15 is 0 Å². The average Bonchev–Trinajstić information content (AvgIpc) is 2.43. The monoisotopic (exact) mass is 255 g/mol. The second kappa shape index (κ2) is 8.86. The van der Waals surface area contributed by atoms with E-state index in [4.69, 9.17) is 0 Å². The molecule has 0 saturated heterocycles. The average molecular weight is 255 g/mol. The fourth-order valence-electron chi connectivity index (χ4n) is 1.26. The summed E-state index contributed by atoms with van der Waals surface area (Å²) >= 11 is 0. The van der Waals surface area contributed by atoms with Gasteiger partial charge in [0.25, 0.3) is 0 Å². The maximum atomic E-state index is 4.14. The minimum Gasteiger partial charge on any atom is -0.279 e. The highest BCUT2D eigenvalue weighted by Crippen LogP contribution is 2.08. The van der Waals surface area contributed by atoms with Crippen molar-refractivity contribution in [3.63, 3.8) is 0 Å². The maximum absolute atomic E-state index is 4.14. The molecule has 0 bridgehead atoms. The molecule has 0 aliphatic rings. The molecule has 1 aromatic heterocycles. The zero-order valence-corrected chi connectivity index (χ0v) is 11.8. The van der Waals surface area contributed by atoms with E-state index < -0.39 is 0 Å². The first-order chi connectivity index (χ1) is 9.26. The molecule has 0 radical (unpaired) electrons. The molecule has 1 N–H and O–H groups in total. The lowest BCUT2D eigenvalue weighted by Crippen LogP contribution is -1.90. The van der Waals surface area contributed by atoms with Crippen molar-refractivity contribution in [1.29, 1.82) is 0 Å². The van der Waals surface area contributed by atoms with Gasteiger partial charge < -0.3 is 0 Å². The molecule has 0 aliphatic heterocycles. The lowest BCUT2D eigenvalue weighted by atomic mass is 10.2. The molecule has 0 fully saturated rings. The van der Waals surface area contributed by atoms with Gasteiger partial charge in [-0.2, -0.15) is 5.10 Å². The normalized spacial score (nSPS) is 9.84. The van der Waals surface area contributed by atoms with E-state index in [9.17, 15) is 0 Å². The second-order valence-electron chi connectivity index (χ2n) is 4.22. The fraction of sp³-hybridized carbons (Fsp3) is 0.250. The predicted octanol–water partition coefficient (Wildman–Crippen LogP) is 4.25. The second-order valence-corrected chi connectivity index (χ2v) is 4.22. The summed E-state index contributed by atoms with van der Waals surface area (Å²) in [5.74, 6) is 0. The molecule has 0 saturated carbocycles. The Labute approximate surface area is 115 Å². The lowest BCUT2D eigenvalue weighted by Gasteiger charge is -1.99. The summed E-state index contributed by atoms with van der Waals surface area (Å²) in [6.07, 6.45) is 6.50. The minimum absolute atomic E-state index is 0.982. The Bertz CT molecular complexity index is 475. The molecule has 2 aromatic rings. The van der Waals surface area contributed by atoms with E-state index in [1.54, 1.807) is 18.6 Å². The van der Waals surface area contributed by atoms with Crippen molar-refractivity contribution in [2.45, 2.75) is 27.2 Å². The first kappa shape index (κ1) is 14.9. The first-order valence-electron chi connectivity index (χ1n) is 6.52. The van der Waals surface area contributed by atoms with Crippen LogP contribution in [0.4, 0.5) is 5.69 Å². The van der Waals surface area contributed by atoms with Crippen LogP contribution in [-0.2, 0) is 0 Å². The van der Waals surface area contributed by atoms with E-state index in [-0.39, 0.29) is 0 Å². The molecule has 0 aliphatic carbocycles. The predicted molar refractivity (Wildman–Crippen MR) is 82.6 cm³/mol. The van der Waals surface area contributed by atoms with Gasteiger partial charge in [-0.25, -0.2) is 0 Å². The van der Waals surface area contributed by atoms with E-state index in [0.29, 0.717) is 0 Å². The van der Waals surface area contributed by atoms with Crippen LogP contribution < -0.4 is 5.43 Å². The van der Waals surface area contributed by atoms with Crippen LogP contribution >= 0.6 is 0 Å². The summed E-state index contributed by atoms with van der Waals surface area (Å²) < 4.78 is 0. The van der Waals surface area contributed by atoms with Crippen molar-refractivity contribution in [3.05, 3.63) is 59.9 Å². The molecular weight excluding hydrogens is 234 g/mol. The number of nitrogens with zero attached hydrogens (tertiary/aromatic N) is 2. The zero-order valence-electron chi connectivity index (χ0n) is 11.8. The number of rotatable bonds is 3. The summed E-state index contributed by atoms with van der Waals surface area (Å²) in [5.41, 5.74) is 6.21. The molecule has 0 amide bonds. The van der Waals surface area contributed by atoms with E-state index in [2.05, 4.69) is 36.3 Å². The summed E-state index contributed by atoms with van der Waals surface area (Å²) in [4.78, 5) is 3.94. The smallest absolute Gasteiger partial charge is 0.0561 e. The van der Waals surface area contributed by atoms with Crippen molar-refractivity contribution in [2.24, 2.45) is 5.10 Å². The van der Waals surface area contributed by atoms with Gasteiger partial charge in [-0.1, -0.05) is 38.0 Å². The highest BCUT2D eigenvalue weighted by atomic mass is 15.3. The largest absolute Gasteiger partial charge is 0.279 e. The minimum atomic E-state index is 0.982. The molecule has 0 spiro atoms.